The Balaban J connectivity index is 2.13. The summed E-state index contributed by atoms with van der Waals surface area (Å²) in [6.45, 7) is 3.42. The number of hydrogen-bond donors (Lipinski definition) is 3. The number of benzene rings is 1. The first-order valence-corrected chi connectivity index (χ1v) is 6.79. The first kappa shape index (κ1) is 15.6. The average Bonchev–Trinajstić information content (AvgIpc) is 2.49. The van der Waals surface area contributed by atoms with Gasteiger partial charge in [0.15, 0.2) is 17.4 Å². The van der Waals surface area contributed by atoms with Gasteiger partial charge in [-0.15, -0.1) is 0 Å². The number of aromatic hydroxyl groups is 1. The zero-order valence-corrected chi connectivity index (χ0v) is 11.5. The minimum atomic E-state index is -1.70. The summed E-state index contributed by atoms with van der Waals surface area (Å²) in [4.78, 5) is 12.0. The standard InChI is InChI=1S/C14H17F3N2O2/c1-7(8-3-2-4-18-6-8)19-14(21)9-5-10(15)12(17)13(20)11(9)16/h5,7-8,18,20H,2-4,6H2,1H3,(H,19,21). The Morgan fingerprint density at radius 3 is 2.76 bits per heavy atom. The maximum absolute atomic E-state index is 13.7. The highest BCUT2D eigenvalue weighted by molar-refractivity contribution is 5.95. The lowest BCUT2D eigenvalue weighted by Gasteiger charge is -2.29. The number of phenolic OH excluding ortho intramolecular Hbond substituents is 1. The van der Waals surface area contributed by atoms with Crippen LogP contribution in [-0.2, 0) is 0 Å². The van der Waals surface area contributed by atoms with Crippen LogP contribution in [0.1, 0.15) is 30.1 Å². The first-order chi connectivity index (χ1) is 9.91. The molecule has 1 amide bonds. The fourth-order valence-corrected chi connectivity index (χ4v) is 2.46. The fourth-order valence-electron chi connectivity index (χ4n) is 2.46. The van der Waals surface area contributed by atoms with Gasteiger partial charge in [0.05, 0.1) is 5.56 Å². The van der Waals surface area contributed by atoms with Crippen LogP contribution < -0.4 is 10.6 Å². The van der Waals surface area contributed by atoms with Crippen molar-refractivity contribution in [3.63, 3.8) is 0 Å². The zero-order valence-electron chi connectivity index (χ0n) is 11.5. The summed E-state index contributed by atoms with van der Waals surface area (Å²) in [5, 5.41) is 14.9. The molecule has 1 aromatic rings. The summed E-state index contributed by atoms with van der Waals surface area (Å²) in [7, 11) is 0. The lowest BCUT2D eigenvalue weighted by atomic mass is 9.92. The topological polar surface area (TPSA) is 61.4 Å². The SMILES string of the molecule is CC(NC(=O)c1cc(F)c(F)c(O)c1F)C1CCCNC1. The lowest BCUT2D eigenvalue weighted by Crippen LogP contribution is -2.44. The number of halogens is 3. The Hall–Kier alpha value is -1.76. The smallest absolute Gasteiger partial charge is 0.254 e. The van der Waals surface area contributed by atoms with E-state index in [1.54, 1.807) is 6.92 Å². The molecular formula is C14H17F3N2O2. The quantitative estimate of drug-likeness (QED) is 0.748. The number of nitrogens with one attached hydrogen (secondary N) is 2. The van der Waals surface area contributed by atoms with Gasteiger partial charge in [0, 0.05) is 6.04 Å². The van der Waals surface area contributed by atoms with E-state index >= 15 is 0 Å². The van der Waals surface area contributed by atoms with E-state index in [1.165, 1.54) is 0 Å². The first-order valence-electron chi connectivity index (χ1n) is 6.79. The summed E-state index contributed by atoms with van der Waals surface area (Å²) in [6, 6.07) is 0.200. The third kappa shape index (κ3) is 3.29. The molecule has 4 nitrogen and oxygen atoms in total. The third-order valence-corrected chi connectivity index (χ3v) is 3.78. The van der Waals surface area contributed by atoms with Crippen molar-refractivity contribution in [3.05, 3.63) is 29.1 Å². The Labute approximate surface area is 120 Å². The van der Waals surface area contributed by atoms with Gasteiger partial charge in [-0.3, -0.25) is 4.79 Å². The van der Waals surface area contributed by atoms with E-state index in [2.05, 4.69) is 10.6 Å². The van der Waals surface area contributed by atoms with Crippen molar-refractivity contribution in [1.82, 2.24) is 10.6 Å². The summed E-state index contributed by atoms with van der Waals surface area (Å²) >= 11 is 0. The molecule has 1 aliphatic heterocycles. The third-order valence-electron chi connectivity index (χ3n) is 3.78. The second kappa shape index (κ2) is 6.34. The molecule has 1 aromatic carbocycles. The zero-order chi connectivity index (χ0) is 15.6. The van der Waals surface area contributed by atoms with E-state index in [0.29, 0.717) is 6.07 Å². The van der Waals surface area contributed by atoms with Gasteiger partial charge >= 0.3 is 0 Å². The van der Waals surface area contributed by atoms with Crippen LogP contribution in [0.4, 0.5) is 13.2 Å². The summed E-state index contributed by atoms with van der Waals surface area (Å²) in [5.74, 6) is -6.79. The number of phenols is 1. The molecule has 2 atom stereocenters. The van der Waals surface area contributed by atoms with Crippen LogP contribution in [0.3, 0.4) is 0 Å². The van der Waals surface area contributed by atoms with Crippen LogP contribution in [-0.4, -0.2) is 30.1 Å². The van der Waals surface area contributed by atoms with E-state index in [4.69, 9.17) is 5.11 Å². The lowest BCUT2D eigenvalue weighted by molar-refractivity contribution is 0.0916. The van der Waals surface area contributed by atoms with Crippen molar-refractivity contribution in [2.75, 3.05) is 13.1 Å². The molecule has 3 N–H and O–H groups in total. The van der Waals surface area contributed by atoms with Crippen molar-refractivity contribution >= 4 is 5.91 Å². The molecule has 2 rings (SSSR count). The molecule has 1 saturated heterocycles. The fraction of sp³-hybridized carbons (Fsp3) is 0.500. The van der Waals surface area contributed by atoms with Gasteiger partial charge in [-0.25, -0.2) is 8.78 Å². The number of hydrogen-bond acceptors (Lipinski definition) is 3. The molecule has 0 saturated carbocycles. The van der Waals surface area contributed by atoms with Crippen molar-refractivity contribution in [1.29, 1.82) is 0 Å². The number of rotatable bonds is 3. The predicted molar refractivity (Wildman–Crippen MR) is 70.5 cm³/mol. The molecule has 0 radical (unpaired) electrons. The van der Waals surface area contributed by atoms with Crippen LogP contribution in [0.15, 0.2) is 6.07 Å². The number of carbonyl (C=O) groups excluding carboxylic acids is 1. The molecule has 0 spiro atoms. The second-order valence-electron chi connectivity index (χ2n) is 5.25. The Bertz CT molecular complexity index is 546. The molecule has 1 fully saturated rings. The maximum atomic E-state index is 13.7. The van der Waals surface area contributed by atoms with Gasteiger partial charge < -0.3 is 15.7 Å². The molecule has 1 aliphatic rings. The Kier molecular flexibility index (Phi) is 4.72. The van der Waals surface area contributed by atoms with E-state index in [-0.39, 0.29) is 12.0 Å². The molecule has 0 aliphatic carbocycles. The Morgan fingerprint density at radius 1 is 1.43 bits per heavy atom. The molecule has 7 heteroatoms. The molecule has 0 bridgehead atoms. The van der Waals surface area contributed by atoms with Gasteiger partial charge in [-0.2, -0.15) is 4.39 Å². The van der Waals surface area contributed by atoms with Crippen molar-refractivity contribution in [2.24, 2.45) is 5.92 Å². The van der Waals surface area contributed by atoms with Crippen LogP contribution in [0.2, 0.25) is 0 Å². The maximum Gasteiger partial charge on any atom is 0.254 e. The van der Waals surface area contributed by atoms with E-state index in [9.17, 15) is 18.0 Å². The molecular weight excluding hydrogens is 285 g/mol. The van der Waals surface area contributed by atoms with Gasteiger partial charge in [0.1, 0.15) is 0 Å². The van der Waals surface area contributed by atoms with Crippen LogP contribution in [0, 0.1) is 23.4 Å². The molecule has 21 heavy (non-hydrogen) atoms. The Morgan fingerprint density at radius 2 is 2.14 bits per heavy atom. The summed E-state index contributed by atoms with van der Waals surface area (Å²) in [6.07, 6.45) is 1.89. The van der Waals surface area contributed by atoms with E-state index in [1.807, 2.05) is 0 Å². The van der Waals surface area contributed by atoms with Crippen LogP contribution in [0.5, 0.6) is 5.75 Å². The highest BCUT2D eigenvalue weighted by Gasteiger charge is 2.26. The van der Waals surface area contributed by atoms with Gasteiger partial charge in [0.25, 0.3) is 5.91 Å². The van der Waals surface area contributed by atoms with Crippen molar-refractivity contribution in [2.45, 2.75) is 25.8 Å². The summed E-state index contributed by atoms with van der Waals surface area (Å²) in [5.41, 5.74) is -0.706. The largest absolute Gasteiger partial charge is 0.503 e. The van der Waals surface area contributed by atoms with Crippen LogP contribution in [0.25, 0.3) is 0 Å². The molecule has 116 valence electrons. The van der Waals surface area contributed by atoms with Gasteiger partial charge in [0.2, 0.25) is 5.82 Å². The molecule has 0 aromatic heterocycles. The van der Waals surface area contributed by atoms with Gasteiger partial charge in [-0.1, -0.05) is 0 Å². The van der Waals surface area contributed by atoms with Crippen molar-refractivity contribution < 1.29 is 23.1 Å². The van der Waals surface area contributed by atoms with Crippen LogP contribution >= 0.6 is 0 Å². The monoisotopic (exact) mass is 302 g/mol. The van der Waals surface area contributed by atoms with E-state index in [0.717, 1.165) is 25.9 Å². The number of piperidine rings is 1. The van der Waals surface area contributed by atoms with Crippen molar-refractivity contribution in [3.8, 4) is 5.75 Å². The average molecular weight is 302 g/mol. The normalized spacial score (nSPS) is 20.1. The minimum Gasteiger partial charge on any atom is -0.503 e. The minimum absolute atomic E-state index is 0.185. The highest BCUT2D eigenvalue weighted by atomic mass is 19.2. The number of carbonyl (C=O) groups is 1. The second-order valence-corrected chi connectivity index (χ2v) is 5.25. The predicted octanol–water partition coefficient (Wildman–Crippen LogP) is 1.93. The summed E-state index contributed by atoms with van der Waals surface area (Å²) < 4.78 is 39.8. The number of amides is 1. The van der Waals surface area contributed by atoms with E-state index < -0.39 is 34.7 Å². The molecule has 2 unspecified atom stereocenters. The van der Waals surface area contributed by atoms with Gasteiger partial charge in [-0.05, 0) is 44.8 Å². The highest BCUT2D eigenvalue weighted by Crippen LogP contribution is 2.26. The molecule has 1 heterocycles.